The van der Waals surface area contributed by atoms with Crippen LogP contribution in [0, 0.1) is 0 Å². The quantitative estimate of drug-likeness (QED) is 0.246. The second kappa shape index (κ2) is 20.1. The molecule has 1 rings (SSSR count). The third-order valence-electron chi connectivity index (χ3n) is 5.78. The Morgan fingerprint density at radius 2 is 1.39 bits per heavy atom. The first-order valence-corrected chi connectivity index (χ1v) is 12.4. The van der Waals surface area contributed by atoms with E-state index in [4.69, 9.17) is 14.6 Å². The Labute approximate surface area is 175 Å². The van der Waals surface area contributed by atoms with E-state index in [1.807, 2.05) is 0 Å². The maximum absolute atomic E-state index is 8.76. The minimum atomic E-state index is 0.305. The highest BCUT2D eigenvalue weighted by molar-refractivity contribution is 4.75. The number of hydrogen-bond acceptors (Lipinski definition) is 4. The number of hydrogen-bond donors (Lipinski definition) is 2. The van der Waals surface area contributed by atoms with Gasteiger partial charge in [-0.1, -0.05) is 77.6 Å². The van der Waals surface area contributed by atoms with E-state index in [2.05, 4.69) is 12.2 Å². The Bertz CT molecular complexity index is 314. The summed E-state index contributed by atoms with van der Waals surface area (Å²) < 4.78 is 11.9. The van der Waals surface area contributed by atoms with E-state index < -0.39 is 0 Å². The summed E-state index contributed by atoms with van der Waals surface area (Å²) in [6, 6.07) is 0. The van der Waals surface area contributed by atoms with Crippen molar-refractivity contribution in [3.63, 3.8) is 0 Å². The lowest BCUT2D eigenvalue weighted by Crippen LogP contribution is -2.28. The van der Waals surface area contributed by atoms with Crippen LogP contribution >= 0.6 is 0 Å². The lowest BCUT2D eigenvalue weighted by molar-refractivity contribution is -0.0149. The molecule has 0 saturated carbocycles. The molecule has 1 aliphatic heterocycles. The van der Waals surface area contributed by atoms with Crippen LogP contribution in [0.25, 0.3) is 0 Å². The molecule has 2 N–H and O–H groups in total. The molecule has 1 fully saturated rings. The first kappa shape index (κ1) is 25.9. The van der Waals surface area contributed by atoms with Crippen molar-refractivity contribution >= 4 is 0 Å². The highest BCUT2D eigenvalue weighted by Crippen LogP contribution is 2.19. The van der Waals surface area contributed by atoms with E-state index in [0.717, 1.165) is 52.0 Å². The number of ether oxygens (including phenoxy) is 2. The fourth-order valence-electron chi connectivity index (χ4n) is 3.94. The normalized spacial score (nSPS) is 19.5. The zero-order valence-electron chi connectivity index (χ0n) is 18.8. The van der Waals surface area contributed by atoms with Crippen LogP contribution in [0.5, 0.6) is 0 Å². The molecular formula is C24H49NO3. The molecule has 4 heteroatoms. The zero-order chi connectivity index (χ0) is 20.1. The molecule has 0 radical (unpaired) electrons. The van der Waals surface area contributed by atoms with Crippen molar-refractivity contribution in [3.8, 4) is 0 Å². The molecule has 0 aliphatic carbocycles. The van der Waals surface area contributed by atoms with Gasteiger partial charge < -0.3 is 19.9 Å². The summed E-state index contributed by atoms with van der Waals surface area (Å²) in [5.41, 5.74) is 0. The highest BCUT2D eigenvalue weighted by Gasteiger charge is 2.24. The largest absolute Gasteiger partial charge is 0.396 e. The summed E-state index contributed by atoms with van der Waals surface area (Å²) in [6.07, 6.45) is 21.2. The lowest BCUT2D eigenvalue weighted by Gasteiger charge is -2.15. The monoisotopic (exact) mass is 399 g/mol. The Kier molecular flexibility index (Phi) is 18.6. The van der Waals surface area contributed by atoms with Crippen LogP contribution in [0.3, 0.4) is 0 Å². The molecule has 1 heterocycles. The first-order chi connectivity index (χ1) is 13.9. The van der Waals surface area contributed by atoms with Gasteiger partial charge in [0, 0.05) is 19.8 Å². The second-order valence-electron chi connectivity index (χ2n) is 8.56. The molecule has 28 heavy (non-hydrogen) atoms. The number of unbranched alkanes of at least 4 members (excludes halogenated alkanes) is 12. The topological polar surface area (TPSA) is 50.7 Å². The minimum absolute atomic E-state index is 0.305. The van der Waals surface area contributed by atoms with Gasteiger partial charge in [0.05, 0.1) is 18.8 Å². The molecule has 168 valence electrons. The smallest absolute Gasteiger partial charge is 0.0813 e. The Morgan fingerprint density at radius 3 is 2.11 bits per heavy atom. The second-order valence-corrected chi connectivity index (χ2v) is 8.56. The summed E-state index contributed by atoms with van der Waals surface area (Å²) in [5, 5.41) is 12.3. The summed E-state index contributed by atoms with van der Waals surface area (Å²) >= 11 is 0. The van der Waals surface area contributed by atoms with Crippen molar-refractivity contribution in [1.82, 2.24) is 5.32 Å². The Morgan fingerprint density at radius 1 is 0.786 bits per heavy atom. The number of nitrogens with one attached hydrogen (secondary N) is 1. The average Bonchev–Trinajstić information content (AvgIpc) is 3.16. The average molecular weight is 400 g/mol. The van der Waals surface area contributed by atoms with Crippen molar-refractivity contribution in [1.29, 1.82) is 0 Å². The molecule has 0 spiro atoms. The predicted molar refractivity (Wildman–Crippen MR) is 119 cm³/mol. The van der Waals surface area contributed by atoms with Crippen molar-refractivity contribution in [2.24, 2.45) is 0 Å². The van der Waals surface area contributed by atoms with E-state index >= 15 is 0 Å². The van der Waals surface area contributed by atoms with Crippen LogP contribution in [0.4, 0.5) is 0 Å². The summed E-state index contributed by atoms with van der Waals surface area (Å²) in [4.78, 5) is 0. The van der Waals surface area contributed by atoms with Crippen LogP contribution in [-0.4, -0.2) is 50.2 Å². The van der Waals surface area contributed by atoms with Crippen LogP contribution in [-0.2, 0) is 9.47 Å². The van der Waals surface area contributed by atoms with Gasteiger partial charge >= 0.3 is 0 Å². The van der Waals surface area contributed by atoms with Crippen LogP contribution in [0.2, 0.25) is 0 Å². The lowest BCUT2D eigenvalue weighted by atomic mass is 10.1. The van der Waals surface area contributed by atoms with Gasteiger partial charge in [0.15, 0.2) is 0 Å². The van der Waals surface area contributed by atoms with Crippen molar-refractivity contribution in [2.75, 3.05) is 32.9 Å². The van der Waals surface area contributed by atoms with Gasteiger partial charge in [-0.3, -0.25) is 0 Å². The van der Waals surface area contributed by atoms with E-state index in [9.17, 15) is 0 Å². The van der Waals surface area contributed by atoms with E-state index in [-0.39, 0.29) is 0 Å². The molecule has 0 aromatic heterocycles. The van der Waals surface area contributed by atoms with Crippen LogP contribution < -0.4 is 5.32 Å². The molecule has 4 nitrogen and oxygen atoms in total. The molecule has 0 amide bonds. The van der Waals surface area contributed by atoms with Gasteiger partial charge in [-0.25, -0.2) is 0 Å². The van der Waals surface area contributed by atoms with E-state index in [0.29, 0.717) is 18.8 Å². The summed E-state index contributed by atoms with van der Waals surface area (Å²) in [6.45, 7) is 6.30. The molecule has 0 aromatic rings. The van der Waals surface area contributed by atoms with Gasteiger partial charge in [-0.05, 0) is 38.6 Å². The minimum Gasteiger partial charge on any atom is -0.396 e. The molecule has 0 bridgehead atoms. The molecule has 2 atom stereocenters. The first-order valence-electron chi connectivity index (χ1n) is 12.4. The van der Waals surface area contributed by atoms with Gasteiger partial charge in [0.1, 0.15) is 0 Å². The van der Waals surface area contributed by atoms with Gasteiger partial charge in [-0.15, -0.1) is 0 Å². The molecule has 1 saturated heterocycles. The molecular weight excluding hydrogens is 350 g/mol. The van der Waals surface area contributed by atoms with Crippen molar-refractivity contribution in [2.45, 2.75) is 122 Å². The maximum atomic E-state index is 8.76. The zero-order valence-corrected chi connectivity index (χ0v) is 18.8. The van der Waals surface area contributed by atoms with Crippen molar-refractivity contribution < 1.29 is 14.6 Å². The maximum Gasteiger partial charge on any atom is 0.0813 e. The fraction of sp³-hybridized carbons (Fsp3) is 1.00. The van der Waals surface area contributed by atoms with Gasteiger partial charge in [-0.2, -0.15) is 0 Å². The fourth-order valence-corrected chi connectivity index (χ4v) is 3.94. The standard InChI is InChI=1S/C24H49NO3/c1-2-3-4-5-6-7-8-9-12-15-20-27-22-24-17-16-23(28-24)21-25-18-13-10-11-14-19-26/h23-26H,2-22H2,1H3/t23-,24+/m0/s1. The molecule has 1 aliphatic rings. The summed E-state index contributed by atoms with van der Waals surface area (Å²) in [7, 11) is 0. The number of aliphatic hydroxyl groups is 1. The highest BCUT2D eigenvalue weighted by atomic mass is 16.5. The van der Waals surface area contributed by atoms with Crippen molar-refractivity contribution in [3.05, 3.63) is 0 Å². The summed E-state index contributed by atoms with van der Waals surface area (Å²) in [5.74, 6) is 0. The molecule has 0 aromatic carbocycles. The van der Waals surface area contributed by atoms with E-state index in [1.54, 1.807) is 0 Å². The van der Waals surface area contributed by atoms with Gasteiger partial charge in [0.2, 0.25) is 0 Å². The third kappa shape index (κ3) is 15.7. The van der Waals surface area contributed by atoms with E-state index in [1.165, 1.54) is 77.0 Å². The SMILES string of the molecule is CCCCCCCCCCCCOC[C@H]1CC[C@@H](CNCCCCCCO)O1. The number of aliphatic hydroxyl groups excluding tert-OH is 1. The van der Waals surface area contributed by atoms with Crippen LogP contribution in [0.15, 0.2) is 0 Å². The Balaban J connectivity index is 1.79. The van der Waals surface area contributed by atoms with Gasteiger partial charge in [0.25, 0.3) is 0 Å². The molecule has 0 unspecified atom stereocenters. The number of rotatable bonds is 21. The third-order valence-corrected chi connectivity index (χ3v) is 5.78. The van der Waals surface area contributed by atoms with Crippen LogP contribution in [0.1, 0.15) is 110 Å². The Hall–Kier alpha value is -0.160. The predicted octanol–water partition coefficient (Wildman–Crippen LogP) is 5.61.